The molecule has 0 rings (SSSR count). The zero-order chi connectivity index (χ0) is 9.94. The third kappa shape index (κ3) is 8.63. The Hall–Kier alpha value is 0.310. The van der Waals surface area contributed by atoms with Crippen LogP contribution in [0.15, 0.2) is 0 Å². The first kappa shape index (κ1) is 13.3. The van der Waals surface area contributed by atoms with Gasteiger partial charge in [-0.3, -0.25) is 0 Å². The fourth-order valence-corrected chi connectivity index (χ4v) is 2.11. The molecule has 0 aliphatic heterocycles. The number of thioether (sulfide) groups is 1. The summed E-state index contributed by atoms with van der Waals surface area (Å²) in [5, 5.41) is 3.62. The first-order valence-corrected chi connectivity index (χ1v) is 6.81. The predicted molar refractivity (Wildman–Crippen MR) is 64.6 cm³/mol. The molecule has 2 heteroatoms. The Labute approximate surface area is 88.1 Å². The predicted octanol–water partition coefficient (Wildman–Crippen LogP) is 3.30. The number of hydrogen-bond acceptors (Lipinski definition) is 2. The SMILES string of the molecule is CCCCC(CSCC)NCCC. The number of nitrogens with one attached hydrogen (secondary N) is 1. The Morgan fingerprint density at radius 1 is 1.15 bits per heavy atom. The summed E-state index contributed by atoms with van der Waals surface area (Å²) >= 11 is 2.05. The van der Waals surface area contributed by atoms with Crippen LogP contribution in [0.4, 0.5) is 0 Å². The molecule has 1 atom stereocenters. The Kier molecular flexibility index (Phi) is 10.6. The van der Waals surface area contributed by atoms with E-state index < -0.39 is 0 Å². The van der Waals surface area contributed by atoms with E-state index in [2.05, 4.69) is 37.8 Å². The molecule has 1 unspecified atom stereocenters. The number of unbranched alkanes of at least 4 members (excludes halogenated alkanes) is 1. The highest BCUT2D eigenvalue weighted by Crippen LogP contribution is 2.08. The van der Waals surface area contributed by atoms with Crippen LogP contribution >= 0.6 is 11.8 Å². The molecule has 0 heterocycles. The van der Waals surface area contributed by atoms with Crippen molar-refractivity contribution in [3.63, 3.8) is 0 Å². The van der Waals surface area contributed by atoms with Gasteiger partial charge in [-0.25, -0.2) is 0 Å². The van der Waals surface area contributed by atoms with E-state index in [9.17, 15) is 0 Å². The molecule has 0 aliphatic rings. The van der Waals surface area contributed by atoms with Gasteiger partial charge in [0.25, 0.3) is 0 Å². The molecular weight excluding hydrogens is 178 g/mol. The largest absolute Gasteiger partial charge is 0.313 e. The summed E-state index contributed by atoms with van der Waals surface area (Å²) < 4.78 is 0. The maximum absolute atomic E-state index is 3.62. The van der Waals surface area contributed by atoms with E-state index >= 15 is 0 Å². The van der Waals surface area contributed by atoms with Crippen molar-refractivity contribution < 1.29 is 0 Å². The minimum absolute atomic E-state index is 0.754. The summed E-state index contributed by atoms with van der Waals surface area (Å²) in [7, 11) is 0. The molecule has 0 aromatic heterocycles. The summed E-state index contributed by atoms with van der Waals surface area (Å²) in [6.45, 7) is 7.92. The van der Waals surface area contributed by atoms with Crippen LogP contribution < -0.4 is 5.32 Å². The molecule has 0 spiro atoms. The molecule has 80 valence electrons. The minimum atomic E-state index is 0.754. The van der Waals surface area contributed by atoms with E-state index in [1.807, 2.05) is 0 Å². The molecule has 0 aromatic carbocycles. The Balaban J connectivity index is 3.47. The third-order valence-corrected chi connectivity index (χ3v) is 3.16. The molecule has 0 saturated heterocycles. The molecule has 0 saturated carbocycles. The Morgan fingerprint density at radius 3 is 2.46 bits per heavy atom. The van der Waals surface area contributed by atoms with Gasteiger partial charge in [-0.1, -0.05) is 33.6 Å². The zero-order valence-corrected chi connectivity index (χ0v) is 10.3. The smallest absolute Gasteiger partial charge is 0.0158 e. The Morgan fingerprint density at radius 2 is 1.92 bits per heavy atom. The first-order chi connectivity index (χ1) is 6.35. The number of rotatable bonds is 9. The standard InChI is InChI=1S/C11H25NS/c1-4-7-8-11(10-13-6-3)12-9-5-2/h11-12H,4-10H2,1-3H3. The van der Waals surface area contributed by atoms with Crippen molar-refractivity contribution in [3.8, 4) is 0 Å². The molecule has 0 aliphatic carbocycles. The van der Waals surface area contributed by atoms with Crippen molar-refractivity contribution in [1.82, 2.24) is 5.32 Å². The first-order valence-electron chi connectivity index (χ1n) is 5.66. The van der Waals surface area contributed by atoms with Gasteiger partial charge in [0, 0.05) is 11.8 Å². The van der Waals surface area contributed by atoms with Crippen LogP contribution in [0.2, 0.25) is 0 Å². The van der Waals surface area contributed by atoms with Crippen LogP contribution in [0.3, 0.4) is 0 Å². The third-order valence-electron chi connectivity index (χ3n) is 2.11. The van der Waals surface area contributed by atoms with Gasteiger partial charge in [0.15, 0.2) is 0 Å². The van der Waals surface area contributed by atoms with Gasteiger partial charge in [-0.15, -0.1) is 0 Å². The van der Waals surface area contributed by atoms with E-state index in [1.165, 1.54) is 43.7 Å². The molecule has 0 aromatic rings. The van der Waals surface area contributed by atoms with Crippen molar-refractivity contribution in [2.45, 2.75) is 52.5 Å². The topological polar surface area (TPSA) is 12.0 Å². The van der Waals surface area contributed by atoms with Crippen LogP contribution in [0.1, 0.15) is 46.5 Å². The molecule has 0 bridgehead atoms. The van der Waals surface area contributed by atoms with Gasteiger partial charge in [0.05, 0.1) is 0 Å². The zero-order valence-electron chi connectivity index (χ0n) is 9.44. The molecule has 1 N–H and O–H groups in total. The molecule has 0 amide bonds. The van der Waals surface area contributed by atoms with E-state index in [0.29, 0.717) is 0 Å². The van der Waals surface area contributed by atoms with Gasteiger partial charge in [0.2, 0.25) is 0 Å². The van der Waals surface area contributed by atoms with Crippen molar-refractivity contribution in [3.05, 3.63) is 0 Å². The van der Waals surface area contributed by atoms with Gasteiger partial charge in [0.1, 0.15) is 0 Å². The summed E-state index contributed by atoms with van der Waals surface area (Å²) in [5.74, 6) is 2.53. The summed E-state index contributed by atoms with van der Waals surface area (Å²) in [6, 6.07) is 0.754. The van der Waals surface area contributed by atoms with Gasteiger partial charge in [-0.2, -0.15) is 11.8 Å². The quantitative estimate of drug-likeness (QED) is 0.617. The van der Waals surface area contributed by atoms with Crippen molar-refractivity contribution in [2.24, 2.45) is 0 Å². The van der Waals surface area contributed by atoms with Crippen LogP contribution in [0.5, 0.6) is 0 Å². The molecule has 0 radical (unpaired) electrons. The summed E-state index contributed by atoms with van der Waals surface area (Å²) in [6.07, 6.45) is 5.29. The lowest BCUT2D eigenvalue weighted by molar-refractivity contribution is 0.501. The van der Waals surface area contributed by atoms with E-state index in [0.717, 1.165) is 6.04 Å². The molecule has 0 fully saturated rings. The fraction of sp³-hybridized carbons (Fsp3) is 1.00. The molecule has 1 nitrogen and oxygen atoms in total. The average molecular weight is 203 g/mol. The lowest BCUT2D eigenvalue weighted by Crippen LogP contribution is -2.32. The van der Waals surface area contributed by atoms with E-state index in [4.69, 9.17) is 0 Å². The van der Waals surface area contributed by atoms with Crippen LogP contribution in [0.25, 0.3) is 0 Å². The highest BCUT2D eigenvalue weighted by atomic mass is 32.2. The second-order valence-electron chi connectivity index (χ2n) is 3.45. The van der Waals surface area contributed by atoms with Gasteiger partial charge < -0.3 is 5.32 Å². The normalized spacial score (nSPS) is 13.2. The second-order valence-corrected chi connectivity index (χ2v) is 4.77. The van der Waals surface area contributed by atoms with Crippen molar-refractivity contribution in [2.75, 3.05) is 18.1 Å². The Bertz CT molecular complexity index is 77.1. The maximum atomic E-state index is 3.62. The van der Waals surface area contributed by atoms with Crippen molar-refractivity contribution >= 4 is 11.8 Å². The van der Waals surface area contributed by atoms with Crippen LogP contribution in [-0.2, 0) is 0 Å². The lowest BCUT2D eigenvalue weighted by atomic mass is 10.1. The van der Waals surface area contributed by atoms with E-state index in [1.54, 1.807) is 0 Å². The molecular formula is C11H25NS. The van der Waals surface area contributed by atoms with Gasteiger partial charge >= 0.3 is 0 Å². The fourth-order valence-electron chi connectivity index (χ4n) is 1.30. The summed E-state index contributed by atoms with van der Waals surface area (Å²) in [5.41, 5.74) is 0. The second kappa shape index (κ2) is 10.4. The number of hydrogen-bond donors (Lipinski definition) is 1. The average Bonchev–Trinajstić information content (AvgIpc) is 2.17. The lowest BCUT2D eigenvalue weighted by Gasteiger charge is -2.17. The minimum Gasteiger partial charge on any atom is -0.313 e. The highest BCUT2D eigenvalue weighted by Gasteiger charge is 2.05. The maximum Gasteiger partial charge on any atom is 0.0158 e. The monoisotopic (exact) mass is 203 g/mol. The highest BCUT2D eigenvalue weighted by molar-refractivity contribution is 7.99. The van der Waals surface area contributed by atoms with Crippen LogP contribution in [-0.4, -0.2) is 24.1 Å². The van der Waals surface area contributed by atoms with E-state index in [-0.39, 0.29) is 0 Å². The van der Waals surface area contributed by atoms with Crippen molar-refractivity contribution in [1.29, 1.82) is 0 Å². The van der Waals surface area contributed by atoms with Crippen LogP contribution in [0, 0.1) is 0 Å². The molecule has 13 heavy (non-hydrogen) atoms. The summed E-state index contributed by atoms with van der Waals surface area (Å²) in [4.78, 5) is 0. The van der Waals surface area contributed by atoms with Gasteiger partial charge in [-0.05, 0) is 25.1 Å².